The van der Waals surface area contributed by atoms with Crippen LogP contribution >= 0.6 is 0 Å². The van der Waals surface area contributed by atoms with Crippen LogP contribution in [0.15, 0.2) is 53.2 Å². The Balaban J connectivity index is 1.53. The van der Waals surface area contributed by atoms with E-state index in [0.29, 0.717) is 0 Å². The van der Waals surface area contributed by atoms with Gasteiger partial charge in [0.2, 0.25) is 17.8 Å². The summed E-state index contributed by atoms with van der Waals surface area (Å²) < 4.78 is 12.6. The maximum absolute atomic E-state index is 12.7. The van der Waals surface area contributed by atoms with Gasteiger partial charge in [-0.2, -0.15) is 20.2 Å². The van der Waals surface area contributed by atoms with Gasteiger partial charge in [-0.25, -0.2) is 4.79 Å². The third kappa shape index (κ3) is 4.13. The van der Waals surface area contributed by atoms with Gasteiger partial charge < -0.3 is 20.2 Å². The number of rotatable bonds is 6. The van der Waals surface area contributed by atoms with E-state index in [0.717, 1.165) is 11.3 Å². The van der Waals surface area contributed by atoms with Gasteiger partial charge >= 0.3 is 5.97 Å². The van der Waals surface area contributed by atoms with Crippen molar-refractivity contribution >= 4 is 23.6 Å². The summed E-state index contributed by atoms with van der Waals surface area (Å²) in [6.45, 7) is 3.27. The number of nitrogens with one attached hydrogen (secondary N) is 1. The minimum Gasteiger partial charge on any atom is -0.454 e. The molecule has 0 aliphatic rings. The Morgan fingerprint density at radius 2 is 1.94 bits per heavy atom. The van der Waals surface area contributed by atoms with Crippen molar-refractivity contribution in [2.24, 2.45) is 0 Å². The number of ether oxygens (including phenoxy) is 1. The molecule has 0 atom stereocenters. The summed E-state index contributed by atoms with van der Waals surface area (Å²) in [4.78, 5) is 25.1. The summed E-state index contributed by atoms with van der Waals surface area (Å²) in [5, 5.41) is 12.7. The highest BCUT2D eigenvalue weighted by atomic mass is 16.5. The SMILES string of the molecule is Cc1ccccc1Nc1nc(N)nc(COC(=O)c2c(C)oc(-n3cccc3)c2C#N)n1. The third-order valence-electron chi connectivity index (χ3n) is 4.64. The predicted molar refractivity (Wildman–Crippen MR) is 115 cm³/mol. The maximum atomic E-state index is 12.7. The number of esters is 1. The number of para-hydroxylation sites is 1. The van der Waals surface area contributed by atoms with Gasteiger partial charge in [0.15, 0.2) is 12.4 Å². The fourth-order valence-corrected chi connectivity index (χ4v) is 3.13. The third-order valence-corrected chi connectivity index (χ3v) is 4.64. The summed E-state index contributed by atoms with van der Waals surface area (Å²) in [5.41, 5.74) is 7.74. The van der Waals surface area contributed by atoms with E-state index in [4.69, 9.17) is 14.9 Å². The minimum atomic E-state index is -0.728. The van der Waals surface area contributed by atoms with Crippen LogP contribution in [0.1, 0.15) is 33.1 Å². The van der Waals surface area contributed by atoms with Crippen molar-refractivity contribution < 1.29 is 13.9 Å². The van der Waals surface area contributed by atoms with E-state index < -0.39 is 5.97 Å². The normalized spacial score (nSPS) is 10.5. The monoisotopic (exact) mass is 429 g/mol. The highest BCUT2D eigenvalue weighted by Crippen LogP contribution is 2.26. The average molecular weight is 429 g/mol. The second-order valence-electron chi connectivity index (χ2n) is 6.87. The van der Waals surface area contributed by atoms with Crippen molar-refractivity contribution in [3.05, 3.63) is 77.1 Å². The predicted octanol–water partition coefficient (Wildman–Crippen LogP) is 3.43. The zero-order valence-electron chi connectivity index (χ0n) is 17.4. The number of nitriles is 1. The van der Waals surface area contributed by atoms with Gasteiger partial charge in [-0.1, -0.05) is 18.2 Å². The lowest BCUT2D eigenvalue weighted by molar-refractivity contribution is 0.0460. The van der Waals surface area contributed by atoms with Gasteiger partial charge in [0.25, 0.3) is 0 Å². The smallest absolute Gasteiger partial charge is 0.343 e. The minimum absolute atomic E-state index is 0.0192. The molecule has 0 unspecified atom stereocenters. The number of carbonyl (C=O) groups excluding carboxylic acids is 1. The zero-order valence-corrected chi connectivity index (χ0v) is 17.4. The van der Waals surface area contributed by atoms with Crippen LogP contribution in [0.3, 0.4) is 0 Å². The zero-order chi connectivity index (χ0) is 22.7. The highest BCUT2D eigenvalue weighted by Gasteiger charge is 2.26. The van der Waals surface area contributed by atoms with Crippen molar-refractivity contribution in [1.82, 2.24) is 19.5 Å². The van der Waals surface area contributed by atoms with Crippen LogP contribution < -0.4 is 11.1 Å². The summed E-state index contributed by atoms with van der Waals surface area (Å²) >= 11 is 0. The number of aryl methyl sites for hydroxylation is 2. The van der Waals surface area contributed by atoms with Crippen LogP contribution in [-0.2, 0) is 11.3 Å². The van der Waals surface area contributed by atoms with Crippen LogP contribution in [0.2, 0.25) is 0 Å². The standard InChI is InChI=1S/C22H19N7O3/c1-13-7-3-4-8-16(13)25-22-27-17(26-21(24)28-22)12-31-20(30)18-14(2)32-19(15(18)11-23)29-9-5-6-10-29/h3-10H,12H2,1-2H3,(H3,24,25,26,27,28). The van der Waals surface area contributed by atoms with Gasteiger partial charge in [-0.05, 0) is 37.6 Å². The molecule has 10 nitrogen and oxygen atoms in total. The molecule has 0 radical (unpaired) electrons. The number of aromatic nitrogens is 4. The average Bonchev–Trinajstić information content (AvgIpc) is 3.41. The van der Waals surface area contributed by atoms with E-state index >= 15 is 0 Å². The second-order valence-corrected chi connectivity index (χ2v) is 6.87. The quantitative estimate of drug-likeness (QED) is 0.440. The Bertz CT molecular complexity index is 1320. The number of hydrogen-bond acceptors (Lipinski definition) is 9. The van der Waals surface area contributed by atoms with Gasteiger partial charge in [-0.15, -0.1) is 0 Å². The number of furan rings is 1. The Labute approximate surface area is 183 Å². The molecular formula is C22H19N7O3. The van der Waals surface area contributed by atoms with Gasteiger partial charge in [0.1, 0.15) is 23.0 Å². The van der Waals surface area contributed by atoms with Crippen molar-refractivity contribution in [1.29, 1.82) is 5.26 Å². The summed E-state index contributed by atoms with van der Waals surface area (Å²) in [5.74, 6) is 0.156. The molecule has 1 aromatic carbocycles. The number of nitrogen functional groups attached to an aromatic ring is 1. The molecule has 3 aromatic heterocycles. The molecule has 0 saturated carbocycles. The van der Waals surface area contributed by atoms with E-state index in [9.17, 15) is 10.1 Å². The molecule has 160 valence electrons. The fourth-order valence-electron chi connectivity index (χ4n) is 3.13. The molecule has 3 heterocycles. The Morgan fingerprint density at radius 3 is 2.66 bits per heavy atom. The largest absolute Gasteiger partial charge is 0.454 e. The van der Waals surface area contributed by atoms with Crippen molar-refractivity contribution in [2.75, 3.05) is 11.1 Å². The van der Waals surface area contributed by atoms with Gasteiger partial charge in [-0.3, -0.25) is 4.57 Å². The lowest BCUT2D eigenvalue weighted by atomic mass is 10.1. The molecule has 0 bridgehead atoms. The molecule has 0 amide bonds. The molecule has 3 N–H and O–H groups in total. The molecule has 0 aliphatic heterocycles. The fraction of sp³-hybridized carbons (Fsp3) is 0.136. The van der Waals surface area contributed by atoms with Gasteiger partial charge in [0.05, 0.1) is 0 Å². The molecule has 0 spiro atoms. The molecule has 10 heteroatoms. The Hall–Kier alpha value is -4.65. The number of benzene rings is 1. The Kier molecular flexibility index (Phi) is 5.55. The first-order valence-electron chi connectivity index (χ1n) is 9.63. The van der Waals surface area contributed by atoms with E-state index in [1.54, 1.807) is 36.0 Å². The lowest BCUT2D eigenvalue weighted by Gasteiger charge is -2.09. The first kappa shape index (κ1) is 20.6. The van der Waals surface area contributed by atoms with Crippen LogP contribution in [0.25, 0.3) is 5.88 Å². The highest BCUT2D eigenvalue weighted by molar-refractivity contribution is 5.94. The molecule has 0 saturated heterocycles. The topological polar surface area (TPSA) is 145 Å². The van der Waals surface area contributed by atoms with Crippen molar-refractivity contribution in [3.8, 4) is 12.0 Å². The summed E-state index contributed by atoms with van der Waals surface area (Å²) in [6.07, 6.45) is 3.43. The molecule has 32 heavy (non-hydrogen) atoms. The van der Waals surface area contributed by atoms with Crippen LogP contribution in [0, 0.1) is 25.2 Å². The van der Waals surface area contributed by atoms with E-state index in [1.807, 2.05) is 37.3 Å². The van der Waals surface area contributed by atoms with Crippen molar-refractivity contribution in [3.63, 3.8) is 0 Å². The van der Waals surface area contributed by atoms with Crippen LogP contribution in [0.5, 0.6) is 0 Å². The molecule has 0 aliphatic carbocycles. The summed E-state index contributed by atoms with van der Waals surface area (Å²) in [7, 11) is 0. The number of nitrogens with zero attached hydrogens (tertiary/aromatic N) is 5. The number of anilines is 3. The maximum Gasteiger partial charge on any atom is 0.343 e. The van der Waals surface area contributed by atoms with Crippen LogP contribution in [0.4, 0.5) is 17.6 Å². The number of hydrogen-bond donors (Lipinski definition) is 2. The summed E-state index contributed by atoms with van der Waals surface area (Å²) in [6, 6.07) is 13.2. The van der Waals surface area contributed by atoms with Gasteiger partial charge in [0, 0.05) is 18.1 Å². The van der Waals surface area contributed by atoms with E-state index in [2.05, 4.69) is 20.3 Å². The van der Waals surface area contributed by atoms with Crippen LogP contribution in [-0.4, -0.2) is 25.5 Å². The lowest BCUT2D eigenvalue weighted by Crippen LogP contribution is -2.12. The van der Waals surface area contributed by atoms with Crippen molar-refractivity contribution in [2.45, 2.75) is 20.5 Å². The van der Waals surface area contributed by atoms with E-state index in [1.165, 1.54) is 0 Å². The first-order valence-corrected chi connectivity index (χ1v) is 9.63. The molecular weight excluding hydrogens is 410 g/mol. The first-order chi connectivity index (χ1) is 15.5. The number of nitrogens with two attached hydrogens (primary N) is 1. The second kappa shape index (κ2) is 8.61. The Morgan fingerprint density at radius 1 is 1.19 bits per heavy atom. The van der Waals surface area contributed by atoms with E-state index in [-0.39, 0.29) is 47.1 Å². The molecule has 4 aromatic rings. The molecule has 4 rings (SSSR count). The molecule has 0 fully saturated rings. The number of carbonyl (C=O) groups is 1.